The molecule has 0 N–H and O–H groups in total. The average Bonchev–Trinajstić information content (AvgIpc) is 2.89. The highest BCUT2D eigenvalue weighted by atomic mass is 16.3. The Balaban J connectivity index is 1.58. The molecule has 1 aliphatic heterocycles. The topological polar surface area (TPSA) is 88.7 Å². The van der Waals surface area contributed by atoms with E-state index in [0.717, 1.165) is 5.69 Å². The van der Waals surface area contributed by atoms with Crippen molar-refractivity contribution in [1.29, 1.82) is 0 Å². The molecule has 8 heteroatoms. The first-order chi connectivity index (χ1) is 12.9. The van der Waals surface area contributed by atoms with Crippen LogP contribution in [-0.4, -0.2) is 57.6 Å². The third-order valence-corrected chi connectivity index (χ3v) is 4.70. The third-order valence-electron chi connectivity index (χ3n) is 4.70. The molecular weight excluding hydrogens is 348 g/mol. The van der Waals surface area contributed by atoms with Crippen molar-refractivity contribution in [2.45, 2.75) is 33.2 Å². The number of carbonyl (C=O) groups is 2. The standard InChI is InChI=1S/C19H24N4O4/c1-14-4-6-20-23(14)9-5-18(25)21-7-3-8-22(11-10-21)19(26)17-13-16(24)12-15(2)27-17/h4,6,12-13H,3,5,7-11H2,1-2H3. The van der Waals surface area contributed by atoms with Gasteiger partial charge in [-0.2, -0.15) is 5.10 Å². The molecule has 0 atom stereocenters. The SMILES string of the molecule is Cc1cc(=O)cc(C(=O)N2CCCN(C(=O)CCn3nccc3C)CC2)o1. The number of nitrogens with zero attached hydrogens (tertiary/aromatic N) is 4. The van der Waals surface area contributed by atoms with E-state index in [9.17, 15) is 14.4 Å². The molecule has 1 saturated heterocycles. The summed E-state index contributed by atoms with van der Waals surface area (Å²) in [7, 11) is 0. The average molecular weight is 372 g/mol. The van der Waals surface area contributed by atoms with Gasteiger partial charge in [0.15, 0.2) is 11.2 Å². The van der Waals surface area contributed by atoms with Crippen LogP contribution in [0.1, 0.15) is 34.9 Å². The van der Waals surface area contributed by atoms with Gasteiger partial charge in [-0.05, 0) is 26.3 Å². The van der Waals surface area contributed by atoms with Crippen LogP contribution in [-0.2, 0) is 11.3 Å². The lowest BCUT2D eigenvalue weighted by Crippen LogP contribution is -2.37. The van der Waals surface area contributed by atoms with Gasteiger partial charge in [0.2, 0.25) is 5.91 Å². The van der Waals surface area contributed by atoms with Gasteiger partial charge in [0.25, 0.3) is 5.91 Å². The smallest absolute Gasteiger partial charge is 0.289 e. The molecule has 1 fully saturated rings. The van der Waals surface area contributed by atoms with E-state index in [0.29, 0.717) is 51.3 Å². The van der Waals surface area contributed by atoms with Crippen molar-refractivity contribution in [3.8, 4) is 0 Å². The van der Waals surface area contributed by atoms with Crippen LogP contribution in [0.5, 0.6) is 0 Å². The largest absolute Gasteiger partial charge is 0.456 e. The van der Waals surface area contributed by atoms with Gasteiger partial charge in [-0.1, -0.05) is 0 Å². The number of aryl methyl sites for hydroxylation is 3. The Hall–Kier alpha value is -2.90. The van der Waals surface area contributed by atoms with Crippen LogP contribution in [0.4, 0.5) is 0 Å². The summed E-state index contributed by atoms with van der Waals surface area (Å²) in [6.07, 6.45) is 2.79. The van der Waals surface area contributed by atoms with Gasteiger partial charge in [-0.3, -0.25) is 19.1 Å². The maximum Gasteiger partial charge on any atom is 0.289 e. The number of carbonyl (C=O) groups excluding carboxylic acids is 2. The predicted molar refractivity (Wildman–Crippen MR) is 98.4 cm³/mol. The van der Waals surface area contributed by atoms with Gasteiger partial charge in [0, 0.05) is 63.2 Å². The van der Waals surface area contributed by atoms with E-state index in [2.05, 4.69) is 5.10 Å². The summed E-state index contributed by atoms with van der Waals surface area (Å²) in [5.41, 5.74) is 0.776. The van der Waals surface area contributed by atoms with E-state index in [-0.39, 0.29) is 23.0 Å². The van der Waals surface area contributed by atoms with E-state index < -0.39 is 0 Å². The van der Waals surface area contributed by atoms with Crippen LogP contribution in [0.3, 0.4) is 0 Å². The molecule has 0 unspecified atom stereocenters. The van der Waals surface area contributed by atoms with Crippen LogP contribution >= 0.6 is 0 Å². The molecule has 1 aliphatic rings. The molecule has 0 aliphatic carbocycles. The fourth-order valence-corrected chi connectivity index (χ4v) is 3.23. The monoisotopic (exact) mass is 372 g/mol. The van der Waals surface area contributed by atoms with Gasteiger partial charge in [-0.25, -0.2) is 0 Å². The molecule has 3 rings (SSSR count). The number of hydrogen-bond donors (Lipinski definition) is 0. The molecule has 0 bridgehead atoms. The molecule has 27 heavy (non-hydrogen) atoms. The predicted octanol–water partition coefficient (Wildman–Crippen LogP) is 1.22. The summed E-state index contributed by atoms with van der Waals surface area (Å²) in [6.45, 7) is 6.17. The Bertz CT molecular complexity index is 886. The lowest BCUT2D eigenvalue weighted by molar-refractivity contribution is -0.131. The van der Waals surface area contributed by atoms with Crippen molar-refractivity contribution < 1.29 is 14.0 Å². The zero-order valence-corrected chi connectivity index (χ0v) is 15.7. The van der Waals surface area contributed by atoms with Crippen LogP contribution in [0.2, 0.25) is 0 Å². The van der Waals surface area contributed by atoms with E-state index >= 15 is 0 Å². The Kier molecular flexibility index (Phi) is 5.73. The Morgan fingerprint density at radius 2 is 1.85 bits per heavy atom. The second-order valence-corrected chi connectivity index (χ2v) is 6.74. The van der Waals surface area contributed by atoms with E-state index in [1.165, 1.54) is 12.1 Å². The minimum atomic E-state index is -0.308. The Labute approximate surface area is 157 Å². The molecule has 2 aromatic rings. The molecule has 2 amide bonds. The Morgan fingerprint density at radius 3 is 2.56 bits per heavy atom. The summed E-state index contributed by atoms with van der Waals surface area (Å²) in [4.78, 5) is 40.2. The summed E-state index contributed by atoms with van der Waals surface area (Å²) in [5.74, 6) is 0.207. The first-order valence-electron chi connectivity index (χ1n) is 9.11. The fourth-order valence-electron chi connectivity index (χ4n) is 3.23. The highest BCUT2D eigenvalue weighted by Gasteiger charge is 2.24. The molecule has 8 nitrogen and oxygen atoms in total. The molecular formula is C19H24N4O4. The van der Waals surface area contributed by atoms with E-state index in [1.54, 1.807) is 22.9 Å². The van der Waals surface area contributed by atoms with Crippen LogP contribution in [0.15, 0.2) is 33.6 Å². The minimum Gasteiger partial charge on any atom is -0.456 e. The number of amides is 2. The van der Waals surface area contributed by atoms with Crippen molar-refractivity contribution >= 4 is 11.8 Å². The van der Waals surface area contributed by atoms with Crippen molar-refractivity contribution in [3.63, 3.8) is 0 Å². The number of rotatable bonds is 4. The first-order valence-corrected chi connectivity index (χ1v) is 9.11. The van der Waals surface area contributed by atoms with Gasteiger partial charge >= 0.3 is 0 Å². The maximum atomic E-state index is 12.6. The fraction of sp³-hybridized carbons (Fsp3) is 0.474. The van der Waals surface area contributed by atoms with Gasteiger partial charge < -0.3 is 14.2 Å². The van der Waals surface area contributed by atoms with Crippen LogP contribution < -0.4 is 5.43 Å². The lowest BCUT2D eigenvalue weighted by Gasteiger charge is -2.22. The second-order valence-electron chi connectivity index (χ2n) is 6.74. The van der Waals surface area contributed by atoms with Crippen molar-refractivity contribution in [1.82, 2.24) is 19.6 Å². The molecule has 0 spiro atoms. The Morgan fingerprint density at radius 1 is 1.11 bits per heavy atom. The molecule has 0 aromatic carbocycles. The summed E-state index contributed by atoms with van der Waals surface area (Å²) in [5, 5.41) is 4.19. The van der Waals surface area contributed by atoms with Crippen molar-refractivity contribution in [2.75, 3.05) is 26.2 Å². The zero-order valence-electron chi connectivity index (χ0n) is 15.7. The van der Waals surface area contributed by atoms with Crippen LogP contribution in [0.25, 0.3) is 0 Å². The molecule has 0 radical (unpaired) electrons. The highest BCUT2D eigenvalue weighted by Crippen LogP contribution is 2.11. The summed E-state index contributed by atoms with van der Waals surface area (Å²) < 4.78 is 7.21. The zero-order chi connectivity index (χ0) is 19.4. The van der Waals surface area contributed by atoms with E-state index in [1.807, 2.05) is 17.7 Å². The van der Waals surface area contributed by atoms with Gasteiger partial charge in [-0.15, -0.1) is 0 Å². The van der Waals surface area contributed by atoms with Gasteiger partial charge in [0.05, 0.1) is 0 Å². The quantitative estimate of drug-likeness (QED) is 0.805. The van der Waals surface area contributed by atoms with E-state index in [4.69, 9.17) is 4.42 Å². The van der Waals surface area contributed by atoms with Gasteiger partial charge in [0.1, 0.15) is 5.76 Å². The third kappa shape index (κ3) is 4.64. The lowest BCUT2D eigenvalue weighted by atomic mass is 10.3. The number of hydrogen-bond acceptors (Lipinski definition) is 5. The molecule has 0 saturated carbocycles. The van der Waals surface area contributed by atoms with Crippen molar-refractivity contribution in [3.05, 3.63) is 51.8 Å². The summed E-state index contributed by atoms with van der Waals surface area (Å²) in [6, 6.07) is 4.47. The summed E-state index contributed by atoms with van der Waals surface area (Å²) >= 11 is 0. The van der Waals surface area contributed by atoms with Crippen molar-refractivity contribution in [2.24, 2.45) is 0 Å². The first kappa shape index (κ1) is 18.9. The molecule has 2 aromatic heterocycles. The number of aromatic nitrogens is 2. The second kappa shape index (κ2) is 8.20. The normalized spacial score (nSPS) is 14.9. The maximum absolute atomic E-state index is 12.6. The highest BCUT2D eigenvalue weighted by molar-refractivity contribution is 5.91. The van der Waals surface area contributed by atoms with Crippen LogP contribution in [0, 0.1) is 13.8 Å². The molecule has 3 heterocycles. The minimum absolute atomic E-state index is 0.0499. The molecule has 144 valence electrons.